The Bertz CT molecular complexity index is 1650. The van der Waals surface area contributed by atoms with Gasteiger partial charge in [0.2, 0.25) is 0 Å². The fourth-order valence-corrected chi connectivity index (χ4v) is 14.1. The quantitative estimate of drug-likeness (QED) is 0.104. The van der Waals surface area contributed by atoms with Crippen molar-refractivity contribution in [2.75, 3.05) is 6.61 Å². The lowest BCUT2D eigenvalue weighted by Gasteiger charge is -2.72. The minimum absolute atomic E-state index is 0.115. The molecule has 59 heavy (non-hydrogen) atoms. The van der Waals surface area contributed by atoms with Crippen LogP contribution >= 0.6 is 0 Å². The fraction of sp³-hybridized carbons (Fsp3) is 0.909. The Morgan fingerprint density at radius 2 is 1.41 bits per heavy atom. The van der Waals surface area contributed by atoms with Crippen LogP contribution in [0.15, 0.2) is 11.6 Å². The number of aliphatic carboxylic acids is 1. The van der Waals surface area contributed by atoms with Crippen molar-refractivity contribution in [3.05, 3.63) is 11.6 Å². The van der Waals surface area contributed by atoms with Crippen molar-refractivity contribution >= 4 is 11.9 Å². The van der Waals surface area contributed by atoms with Gasteiger partial charge in [0.1, 0.15) is 42.7 Å². The molecule has 2 saturated heterocycles. The Kier molecular flexibility index (Phi) is 11.7. The number of fused-ring (bicyclic) bond motifs is 7. The summed E-state index contributed by atoms with van der Waals surface area (Å²) < 4.78 is 30.3. The van der Waals surface area contributed by atoms with Gasteiger partial charge in [-0.15, -0.1) is 0 Å². The maximum atomic E-state index is 12.8. The molecule has 0 spiro atoms. The molecule has 15 nitrogen and oxygen atoms in total. The van der Waals surface area contributed by atoms with Crippen LogP contribution < -0.4 is 0 Å². The monoisotopic (exact) mass is 838 g/mol. The molecular formula is C44H70O15. The van der Waals surface area contributed by atoms with Gasteiger partial charge in [0.25, 0.3) is 0 Å². The minimum atomic E-state index is -1.80. The van der Waals surface area contributed by atoms with E-state index in [1.807, 2.05) is 0 Å². The van der Waals surface area contributed by atoms with Gasteiger partial charge in [0.15, 0.2) is 18.7 Å². The molecule has 0 radical (unpaired) electrons. The van der Waals surface area contributed by atoms with Crippen LogP contribution in [0.1, 0.15) is 114 Å². The zero-order valence-corrected chi connectivity index (χ0v) is 36.1. The highest BCUT2D eigenvalue weighted by molar-refractivity contribution is 5.73. The summed E-state index contributed by atoms with van der Waals surface area (Å²) in [5.74, 6) is -1.85. The predicted molar refractivity (Wildman–Crippen MR) is 209 cm³/mol. The third-order valence-corrected chi connectivity index (χ3v) is 17.5. The van der Waals surface area contributed by atoms with E-state index in [1.54, 1.807) is 6.92 Å². The number of aliphatic hydroxyl groups is 7. The van der Waals surface area contributed by atoms with Gasteiger partial charge >= 0.3 is 11.9 Å². The van der Waals surface area contributed by atoms with Crippen LogP contribution in [0.5, 0.6) is 0 Å². The second-order valence-electron chi connectivity index (χ2n) is 21.6. The lowest BCUT2D eigenvalue weighted by Crippen LogP contribution is -2.70. The number of carbonyl (C=O) groups is 2. The predicted octanol–water partition coefficient (Wildman–Crippen LogP) is 2.42. The molecule has 336 valence electrons. The summed E-state index contributed by atoms with van der Waals surface area (Å²) in [5.41, 5.74) is -1.54. The molecule has 20 atom stereocenters. The van der Waals surface area contributed by atoms with Crippen LogP contribution in [0.3, 0.4) is 0 Å². The lowest BCUT2D eigenvalue weighted by atomic mass is 9.33. The summed E-state index contributed by atoms with van der Waals surface area (Å²) in [6, 6.07) is 0. The highest BCUT2D eigenvalue weighted by Gasteiger charge is 2.72. The normalized spacial score (nSPS) is 52.8. The topological polar surface area (TPSA) is 242 Å². The van der Waals surface area contributed by atoms with E-state index >= 15 is 0 Å². The Balaban J connectivity index is 1.21. The van der Waals surface area contributed by atoms with E-state index in [2.05, 4.69) is 54.5 Å². The average Bonchev–Trinajstić information content (AvgIpc) is 3.13. The number of carboxylic acid groups (broad SMARTS) is 1. The molecule has 0 aromatic rings. The molecule has 0 amide bonds. The number of carbonyl (C=O) groups excluding carboxylic acids is 1. The average molecular weight is 839 g/mol. The summed E-state index contributed by atoms with van der Waals surface area (Å²) in [6.45, 7) is 18.5. The number of hydrogen-bond donors (Lipinski definition) is 8. The third-order valence-electron chi connectivity index (χ3n) is 17.5. The van der Waals surface area contributed by atoms with Crippen LogP contribution in [0, 0.1) is 50.2 Å². The van der Waals surface area contributed by atoms with Gasteiger partial charge in [-0.25, -0.2) is 4.79 Å². The van der Waals surface area contributed by atoms with E-state index in [4.69, 9.17) is 23.7 Å². The minimum Gasteiger partial charge on any atom is -0.479 e. The molecule has 8 N–H and O–H groups in total. The number of carboxylic acids is 1. The highest BCUT2D eigenvalue weighted by atomic mass is 16.7. The maximum absolute atomic E-state index is 12.8. The molecule has 6 fully saturated rings. The molecule has 0 bridgehead atoms. The van der Waals surface area contributed by atoms with Crippen LogP contribution in [0.4, 0.5) is 0 Å². The van der Waals surface area contributed by atoms with Crippen molar-refractivity contribution in [2.45, 2.75) is 193 Å². The molecular weight excluding hydrogens is 768 g/mol. The highest BCUT2D eigenvalue weighted by Crippen LogP contribution is 2.76. The number of allylic oxidation sites excluding steroid dienone is 2. The first-order chi connectivity index (χ1) is 27.3. The molecule has 20 unspecified atom stereocenters. The summed E-state index contributed by atoms with van der Waals surface area (Å²) in [7, 11) is 0. The molecule has 0 aromatic carbocycles. The van der Waals surface area contributed by atoms with Gasteiger partial charge in [-0.05, 0) is 103 Å². The number of rotatable bonds is 7. The van der Waals surface area contributed by atoms with Crippen molar-refractivity contribution < 1.29 is 74.1 Å². The number of aliphatic hydroxyl groups excluding tert-OH is 7. The van der Waals surface area contributed by atoms with Gasteiger partial charge in [-0.2, -0.15) is 0 Å². The van der Waals surface area contributed by atoms with Gasteiger partial charge in [-0.3, -0.25) is 4.79 Å². The Morgan fingerprint density at radius 3 is 2.05 bits per heavy atom. The van der Waals surface area contributed by atoms with E-state index in [0.29, 0.717) is 25.7 Å². The summed E-state index contributed by atoms with van der Waals surface area (Å²) in [5, 5.41) is 86.0. The molecule has 4 saturated carbocycles. The summed E-state index contributed by atoms with van der Waals surface area (Å²) >= 11 is 0. The molecule has 7 rings (SSSR count). The van der Waals surface area contributed by atoms with E-state index in [9.17, 15) is 50.4 Å². The fourth-order valence-electron chi connectivity index (χ4n) is 14.1. The first kappa shape index (κ1) is 45.3. The number of esters is 1. The first-order valence-electron chi connectivity index (χ1n) is 21.7. The van der Waals surface area contributed by atoms with Crippen molar-refractivity contribution in [1.29, 1.82) is 0 Å². The van der Waals surface area contributed by atoms with E-state index in [0.717, 1.165) is 25.7 Å². The number of hydrogen-bond acceptors (Lipinski definition) is 14. The lowest BCUT2D eigenvalue weighted by molar-refractivity contribution is -0.325. The van der Waals surface area contributed by atoms with Crippen molar-refractivity contribution in [1.82, 2.24) is 0 Å². The molecule has 0 aromatic heterocycles. The van der Waals surface area contributed by atoms with Crippen LogP contribution in [-0.4, -0.2) is 139 Å². The largest absolute Gasteiger partial charge is 0.479 e. The zero-order chi connectivity index (χ0) is 43.6. The smallest absolute Gasteiger partial charge is 0.335 e. The first-order valence-corrected chi connectivity index (χ1v) is 21.7. The Hall–Kier alpha value is -1.76. The molecule has 7 aliphatic rings. The molecule has 2 heterocycles. The molecule has 2 aliphatic heterocycles. The van der Waals surface area contributed by atoms with Crippen molar-refractivity contribution in [3.63, 3.8) is 0 Å². The van der Waals surface area contributed by atoms with E-state index in [1.165, 1.54) is 12.5 Å². The second kappa shape index (κ2) is 15.2. The van der Waals surface area contributed by atoms with Crippen LogP contribution in [0.25, 0.3) is 0 Å². The third kappa shape index (κ3) is 6.87. The van der Waals surface area contributed by atoms with Gasteiger partial charge in [0.05, 0.1) is 30.3 Å². The molecule has 15 heteroatoms. The summed E-state index contributed by atoms with van der Waals surface area (Å²) in [6.07, 6.45) is -9.21. The standard InChI is InChI=1S/C44H70O15/c1-20-29(47)30(48)33(51)37(56-20)55-19-44-23(16-39(3,4)18-28(44)57-21(2)45)22-10-11-25-41(7)14-13-27(58-38-34(52)31(49)32(50)35(59-38)36(53)54)40(5,6)24(41)12-15-42(25,8)43(22,9)17-26(44)46/h10,20,23-35,37-38,46-52H,11-19H2,1-9H3,(H,53,54). The Labute approximate surface area is 347 Å². The van der Waals surface area contributed by atoms with Gasteiger partial charge in [-0.1, -0.05) is 60.1 Å². The van der Waals surface area contributed by atoms with Gasteiger partial charge in [0, 0.05) is 6.92 Å². The van der Waals surface area contributed by atoms with Crippen LogP contribution in [0.2, 0.25) is 0 Å². The van der Waals surface area contributed by atoms with Crippen molar-refractivity contribution in [2.24, 2.45) is 50.2 Å². The van der Waals surface area contributed by atoms with Crippen molar-refractivity contribution in [3.8, 4) is 0 Å². The summed E-state index contributed by atoms with van der Waals surface area (Å²) in [4.78, 5) is 24.6. The van der Waals surface area contributed by atoms with E-state index in [-0.39, 0.29) is 40.6 Å². The molecule has 5 aliphatic carbocycles. The van der Waals surface area contributed by atoms with Crippen LogP contribution in [-0.2, 0) is 33.3 Å². The Morgan fingerprint density at radius 1 is 0.763 bits per heavy atom. The maximum Gasteiger partial charge on any atom is 0.335 e. The number of ether oxygens (including phenoxy) is 5. The van der Waals surface area contributed by atoms with E-state index < -0.39 is 108 Å². The van der Waals surface area contributed by atoms with Gasteiger partial charge < -0.3 is 64.5 Å². The second-order valence-corrected chi connectivity index (χ2v) is 21.6. The SMILES string of the molecule is CC(=O)OC1CC(C)(C)CC2C3=CCC4C5(C)CCC(OC6OC(C(=O)O)C(O)C(O)C6O)C(C)(C)C5CCC4(C)C3(C)CC(O)C12COC1OC(C)C(O)C(O)C1O. The zero-order valence-electron chi connectivity index (χ0n) is 36.1.